The molecule has 2 aromatic rings. The Labute approximate surface area is 87.6 Å². The molecule has 1 N–H and O–H groups in total. The topological polar surface area (TPSA) is 63.6 Å². The summed E-state index contributed by atoms with van der Waals surface area (Å²) in [5.41, 5.74) is 1.71. The minimum absolute atomic E-state index is 0.624. The third-order valence-electron chi connectivity index (χ3n) is 1.85. The molecule has 2 aromatic heterocycles. The molecule has 0 unspecified atom stereocenters. The van der Waals surface area contributed by atoms with E-state index in [1.54, 1.807) is 18.6 Å². The first-order chi connectivity index (χ1) is 7.40. The monoisotopic (exact) mass is 201 g/mol. The fourth-order valence-electron chi connectivity index (χ4n) is 1.19. The summed E-state index contributed by atoms with van der Waals surface area (Å²) >= 11 is 0. The molecular formula is C10H11N5. The van der Waals surface area contributed by atoms with E-state index in [9.17, 15) is 0 Å². The summed E-state index contributed by atoms with van der Waals surface area (Å²) in [6, 6.07) is 1.83. The molecule has 5 heteroatoms. The van der Waals surface area contributed by atoms with Crippen LogP contribution < -0.4 is 5.32 Å². The van der Waals surface area contributed by atoms with Gasteiger partial charge in [0.1, 0.15) is 6.33 Å². The second-order valence-corrected chi connectivity index (χ2v) is 2.92. The predicted octanol–water partition coefficient (Wildman–Crippen LogP) is 1.37. The zero-order valence-corrected chi connectivity index (χ0v) is 8.38. The Morgan fingerprint density at radius 1 is 1.27 bits per heavy atom. The molecule has 0 aliphatic heterocycles. The van der Waals surface area contributed by atoms with E-state index in [-0.39, 0.29) is 0 Å². The lowest BCUT2D eigenvalue weighted by Crippen LogP contribution is -2.02. The van der Waals surface area contributed by atoms with Crippen molar-refractivity contribution < 1.29 is 0 Å². The molecule has 5 nitrogen and oxygen atoms in total. The number of rotatable bonds is 3. The molecule has 2 rings (SSSR count). The van der Waals surface area contributed by atoms with Gasteiger partial charge < -0.3 is 5.32 Å². The SMILES string of the molecule is CCNc1nccc(-c2cncnc2)n1. The van der Waals surface area contributed by atoms with Gasteiger partial charge in [-0.1, -0.05) is 0 Å². The van der Waals surface area contributed by atoms with Gasteiger partial charge in [-0.05, 0) is 13.0 Å². The highest BCUT2D eigenvalue weighted by Gasteiger charge is 2.01. The molecule has 0 saturated carbocycles. The van der Waals surface area contributed by atoms with Crippen LogP contribution in [-0.4, -0.2) is 26.5 Å². The summed E-state index contributed by atoms with van der Waals surface area (Å²) in [5.74, 6) is 0.624. The van der Waals surface area contributed by atoms with E-state index < -0.39 is 0 Å². The second-order valence-electron chi connectivity index (χ2n) is 2.92. The summed E-state index contributed by atoms with van der Waals surface area (Å²) in [4.78, 5) is 16.3. The van der Waals surface area contributed by atoms with Gasteiger partial charge in [-0.2, -0.15) is 0 Å². The first kappa shape index (κ1) is 9.51. The first-order valence-corrected chi connectivity index (χ1v) is 4.72. The number of anilines is 1. The van der Waals surface area contributed by atoms with E-state index in [0.29, 0.717) is 5.95 Å². The molecule has 0 bridgehead atoms. The molecule has 15 heavy (non-hydrogen) atoms. The summed E-state index contributed by atoms with van der Waals surface area (Å²) < 4.78 is 0. The van der Waals surface area contributed by atoms with Crippen LogP contribution in [-0.2, 0) is 0 Å². The van der Waals surface area contributed by atoms with Crippen molar-refractivity contribution in [2.24, 2.45) is 0 Å². The Balaban J connectivity index is 2.33. The van der Waals surface area contributed by atoms with Crippen molar-refractivity contribution in [3.63, 3.8) is 0 Å². The molecule has 0 aliphatic carbocycles. The third-order valence-corrected chi connectivity index (χ3v) is 1.85. The smallest absolute Gasteiger partial charge is 0.223 e. The van der Waals surface area contributed by atoms with Gasteiger partial charge in [0, 0.05) is 30.7 Å². The standard InChI is InChI=1S/C10H11N5/c1-2-13-10-14-4-3-9(15-10)8-5-11-7-12-6-8/h3-7H,2H2,1H3,(H,13,14,15). The zero-order valence-electron chi connectivity index (χ0n) is 8.38. The first-order valence-electron chi connectivity index (χ1n) is 4.72. The van der Waals surface area contributed by atoms with Gasteiger partial charge in [0.2, 0.25) is 5.95 Å². The van der Waals surface area contributed by atoms with Gasteiger partial charge in [0.25, 0.3) is 0 Å². The number of hydrogen-bond donors (Lipinski definition) is 1. The molecule has 2 heterocycles. The summed E-state index contributed by atoms with van der Waals surface area (Å²) in [5, 5.41) is 3.05. The third kappa shape index (κ3) is 2.25. The Kier molecular flexibility index (Phi) is 2.82. The number of nitrogens with zero attached hydrogens (tertiary/aromatic N) is 4. The Bertz CT molecular complexity index is 429. The van der Waals surface area contributed by atoms with Gasteiger partial charge in [-0.15, -0.1) is 0 Å². The van der Waals surface area contributed by atoms with Crippen LogP contribution in [0.25, 0.3) is 11.3 Å². The maximum atomic E-state index is 4.33. The lowest BCUT2D eigenvalue weighted by Gasteiger charge is -2.03. The highest BCUT2D eigenvalue weighted by atomic mass is 15.1. The van der Waals surface area contributed by atoms with Gasteiger partial charge >= 0.3 is 0 Å². The molecule has 0 spiro atoms. The summed E-state index contributed by atoms with van der Waals surface area (Å²) in [6.07, 6.45) is 6.67. The average Bonchev–Trinajstić information content (AvgIpc) is 2.31. The van der Waals surface area contributed by atoms with E-state index in [4.69, 9.17) is 0 Å². The van der Waals surface area contributed by atoms with Crippen molar-refractivity contribution in [3.05, 3.63) is 31.0 Å². The molecule has 76 valence electrons. The van der Waals surface area contributed by atoms with Crippen LogP contribution in [0.1, 0.15) is 6.92 Å². The molecule has 0 aliphatic rings. The summed E-state index contributed by atoms with van der Waals surface area (Å²) in [7, 11) is 0. The predicted molar refractivity (Wildman–Crippen MR) is 57.2 cm³/mol. The molecule has 0 amide bonds. The van der Waals surface area contributed by atoms with Crippen LogP contribution in [0.4, 0.5) is 5.95 Å². The van der Waals surface area contributed by atoms with Crippen molar-refractivity contribution in [2.75, 3.05) is 11.9 Å². The number of nitrogens with one attached hydrogen (secondary N) is 1. The molecule has 0 saturated heterocycles. The Morgan fingerprint density at radius 2 is 2.07 bits per heavy atom. The maximum absolute atomic E-state index is 4.33. The molecular weight excluding hydrogens is 190 g/mol. The normalized spacial score (nSPS) is 9.93. The highest BCUT2D eigenvalue weighted by molar-refractivity contribution is 5.57. The van der Waals surface area contributed by atoms with Crippen LogP contribution >= 0.6 is 0 Å². The lowest BCUT2D eigenvalue weighted by atomic mass is 10.2. The van der Waals surface area contributed by atoms with E-state index in [0.717, 1.165) is 17.8 Å². The minimum atomic E-state index is 0.624. The van der Waals surface area contributed by atoms with E-state index in [2.05, 4.69) is 25.3 Å². The van der Waals surface area contributed by atoms with Crippen LogP contribution in [0.5, 0.6) is 0 Å². The Morgan fingerprint density at radius 3 is 2.80 bits per heavy atom. The summed E-state index contributed by atoms with van der Waals surface area (Å²) in [6.45, 7) is 2.80. The largest absolute Gasteiger partial charge is 0.354 e. The van der Waals surface area contributed by atoms with Crippen LogP contribution in [0, 0.1) is 0 Å². The van der Waals surface area contributed by atoms with Crippen molar-refractivity contribution in [2.45, 2.75) is 6.92 Å². The zero-order chi connectivity index (χ0) is 10.5. The van der Waals surface area contributed by atoms with Crippen LogP contribution in [0.3, 0.4) is 0 Å². The fraction of sp³-hybridized carbons (Fsp3) is 0.200. The number of hydrogen-bond acceptors (Lipinski definition) is 5. The molecule has 0 radical (unpaired) electrons. The quantitative estimate of drug-likeness (QED) is 0.812. The van der Waals surface area contributed by atoms with Crippen molar-refractivity contribution in [1.82, 2.24) is 19.9 Å². The Hall–Kier alpha value is -2.04. The molecule has 0 aromatic carbocycles. The van der Waals surface area contributed by atoms with E-state index in [1.807, 2.05) is 13.0 Å². The second kappa shape index (κ2) is 4.45. The fourth-order valence-corrected chi connectivity index (χ4v) is 1.19. The van der Waals surface area contributed by atoms with Crippen molar-refractivity contribution >= 4 is 5.95 Å². The van der Waals surface area contributed by atoms with Gasteiger partial charge in [0.05, 0.1) is 5.69 Å². The molecule has 0 atom stereocenters. The van der Waals surface area contributed by atoms with Gasteiger partial charge in [-0.25, -0.2) is 19.9 Å². The van der Waals surface area contributed by atoms with Gasteiger partial charge in [0.15, 0.2) is 0 Å². The highest BCUT2D eigenvalue weighted by Crippen LogP contribution is 2.14. The van der Waals surface area contributed by atoms with Crippen LogP contribution in [0.15, 0.2) is 31.0 Å². The van der Waals surface area contributed by atoms with Crippen molar-refractivity contribution in [1.29, 1.82) is 0 Å². The molecule has 0 fully saturated rings. The van der Waals surface area contributed by atoms with E-state index >= 15 is 0 Å². The van der Waals surface area contributed by atoms with E-state index in [1.165, 1.54) is 6.33 Å². The average molecular weight is 201 g/mol. The van der Waals surface area contributed by atoms with Crippen molar-refractivity contribution in [3.8, 4) is 11.3 Å². The lowest BCUT2D eigenvalue weighted by molar-refractivity contribution is 1.08. The van der Waals surface area contributed by atoms with Gasteiger partial charge in [-0.3, -0.25) is 0 Å². The maximum Gasteiger partial charge on any atom is 0.223 e. The number of aromatic nitrogens is 4. The van der Waals surface area contributed by atoms with Crippen LogP contribution in [0.2, 0.25) is 0 Å². The minimum Gasteiger partial charge on any atom is -0.354 e.